The number of nitrogen functional groups attached to an aromatic ring is 1. The highest BCUT2D eigenvalue weighted by Gasteiger charge is 2.21. The molecule has 19 heavy (non-hydrogen) atoms. The maximum atomic E-state index is 9.57. The molecule has 0 saturated heterocycles. The van der Waals surface area contributed by atoms with E-state index >= 15 is 0 Å². The van der Waals surface area contributed by atoms with Crippen molar-refractivity contribution in [3.05, 3.63) is 27.7 Å². The third kappa shape index (κ3) is 3.27. The Morgan fingerprint density at radius 2 is 2.16 bits per heavy atom. The number of aliphatic hydroxyl groups is 1. The molecule has 4 nitrogen and oxygen atoms in total. The van der Waals surface area contributed by atoms with Crippen LogP contribution in [-0.4, -0.2) is 17.8 Å². The summed E-state index contributed by atoms with van der Waals surface area (Å²) in [4.78, 5) is 0. The molecule has 0 radical (unpaired) electrons. The second-order valence-corrected chi connectivity index (χ2v) is 5.81. The molecular formula is C14H18BrN3O. The van der Waals surface area contributed by atoms with E-state index in [-0.39, 0.29) is 12.6 Å². The Morgan fingerprint density at radius 3 is 2.74 bits per heavy atom. The van der Waals surface area contributed by atoms with E-state index in [0.717, 1.165) is 18.4 Å². The minimum Gasteiger partial charge on any atom is -0.397 e. The van der Waals surface area contributed by atoms with Gasteiger partial charge >= 0.3 is 0 Å². The number of nitrogens with two attached hydrogens (primary N) is 1. The van der Waals surface area contributed by atoms with Gasteiger partial charge in [-0.05, 0) is 46.5 Å². The highest BCUT2D eigenvalue weighted by Crippen LogP contribution is 2.29. The van der Waals surface area contributed by atoms with Crippen LogP contribution in [0.15, 0.2) is 16.6 Å². The molecule has 2 rings (SSSR count). The maximum Gasteiger partial charge on any atom is 0.101 e. The first-order valence-electron chi connectivity index (χ1n) is 6.51. The van der Waals surface area contributed by atoms with Crippen LogP contribution in [0.1, 0.15) is 42.9 Å². The molecule has 1 saturated carbocycles. The molecule has 0 amide bonds. The van der Waals surface area contributed by atoms with Crippen LogP contribution in [0.2, 0.25) is 0 Å². The quantitative estimate of drug-likeness (QED) is 0.743. The summed E-state index contributed by atoms with van der Waals surface area (Å²) >= 11 is 3.36. The number of hydrogen-bond acceptors (Lipinski definition) is 4. The minimum atomic E-state index is -0.146. The van der Waals surface area contributed by atoms with Crippen molar-refractivity contribution in [1.29, 1.82) is 5.26 Å². The van der Waals surface area contributed by atoms with Crippen LogP contribution < -0.4 is 11.1 Å². The second kappa shape index (κ2) is 6.38. The largest absolute Gasteiger partial charge is 0.397 e. The predicted molar refractivity (Wildman–Crippen MR) is 78.5 cm³/mol. The predicted octanol–water partition coefficient (Wildman–Crippen LogP) is 2.47. The van der Waals surface area contributed by atoms with Crippen LogP contribution in [0.3, 0.4) is 0 Å². The van der Waals surface area contributed by atoms with E-state index in [4.69, 9.17) is 11.0 Å². The zero-order chi connectivity index (χ0) is 13.8. The van der Waals surface area contributed by atoms with Crippen molar-refractivity contribution in [2.75, 3.05) is 12.3 Å². The summed E-state index contributed by atoms with van der Waals surface area (Å²) in [5.74, 6) is 0. The van der Waals surface area contributed by atoms with E-state index in [1.807, 2.05) is 6.07 Å². The summed E-state index contributed by atoms with van der Waals surface area (Å²) in [5, 5.41) is 22.1. The topological polar surface area (TPSA) is 82.1 Å². The van der Waals surface area contributed by atoms with Gasteiger partial charge in [0.05, 0.1) is 23.9 Å². The van der Waals surface area contributed by atoms with E-state index in [2.05, 4.69) is 27.3 Å². The van der Waals surface area contributed by atoms with Gasteiger partial charge in [-0.2, -0.15) is 5.26 Å². The fourth-order valence-corrected chi connectivity index (χ4v) is 3.04. The fraction of sp³-hybridized carbons (Fsp3) is 0.500. The van der Waals surface area contributed by atoms with Gasteiger partial charge in [0.2, 0.25) is 0 Å². The minimum absolute atomic E-state index is 0.0116. The Balaban J connectivity index is 2.22. The van der Waals surface area contributed by atoms with E-state index in [1.165, 1.54) is 12.8 Å². The molecule has 1 aliphatic carbocycles. The lowest BCUT2D eigenvalue weighted by Crippen LogP contribution is -2.32. The van der Waals surface area contributed by atoms with Crippen molar-refractivity contribution in [3.63, 3.8) is 0 Å². The number of nitrogens with zero attached hydrogens (tertiary/aromatic N) is 1. The van der Waals surface area contributed by atoms with Crippen molar-refractivity contribution < 1.29 is 5.11 Å². The van der Waals surface area contributed by atoms with Crippen molar-refractivity contribution in [2.45, 2.75) is 37.8 Å². The van der Waals surface area contributed by atoms with Crippen LogP contribution in [0.4, 0.5) is 5.69 Å². The van der Waals surface area contributed by atoms with Gasteiger partial charge < -0.3 is 16.2 Å². The normalized spacial score (nSPS) is 17.3. The molecule has 102 valence electrons. The number of aliphatic hydroxyl groups excluding tert-OH is 1. The number of halogens is 1. The molecule has 0 aromatic heterocycles. The molecular weight excluding hydrogens is 306 g/mol. The van der Waals surface area contributed by atoms with Crippen LogP contribution in [-0.2, 0) is 0 Å². The first-order chi connectivity index (χ1) is 9.15. The number of rotatable bonds is 4. The third-order valence-electron chi connectivity index (χ3n) is 3.65. The Morgan fingerprint density at radius 1 is 1.47 bits per heavy atom. The molecule has 0 spiro atoms. The van der Waals surface area contributed by atoms with E-state index < -0.39 is 0 Å². The SMILES string of the molecule is N#Cc1cc(C(CO)NC2CCCC2)cc(Br)c1N. The van der Waals surface area contributed by atoms with Gasteiger partial charge in [-0.3, -0.25) is 0 Å². The molecule has 0 aliphatic heterocycles. The summed E-state index contributed by atoms with van der Waals surface area (Å²) in [5.41, 5.74) is 7.60. The Labute approximate surface area is 121 Å². The molecule has 1 aliphatic rings. The number of nitriles is 1. The number of hydrogen-bond donors (Lipinski definition) is 3. The molecule has 4 N–H and O–H groups in total. The molecule has 1 aromatic rings. The maximum absolute atomic E-state index is 9.57. The molecule has 1 atom stereocenters. The number of benzene rings is 1. The van der Waals surface area contributed by atoms with Crippen molar-refractivity contribution in [2.24, 2.45) is 0 Å². The smallest absolute Gasteiger partial charge is 0.101 e. The van der Waals surface area contributed by atoms with Gasteiger partial charge in [-0.15, -0.1) is 0 Å². The molecule has 1 unspecified atom stereocenters. The Hall–Kier alpha value is -1.09. The first kappa shape index (κ1) is 14.3. The standard InChI is InChI=1S/C14H18BrN3O/c15-12-6-9(5-10(7-16)14(12)17)13(8-19)18-11-3-1-2-4-11/h5-6,11,13,18-19H,1-4,8,17H2. The summed E-state index contributed by atoms with van der Waals surface area (Å²) in [6, 6.07) is 6.02. The highest BCUT2D eigenvalue weighted by atomic mass is 79.9. The van der Waals surface area contributed by atoms with Crippen molar-refractivity contribution in [1.82, 2.24) is 5.32 Å². The molecule has 1 fully saturated rings. The lowest BCUT2D eigenvalue weighted by molar-refractivity contribution is 0.233. The molecule has 0 heterocycles. The summed E-state index contributed by atoms with van der Waals surface area (Å²) < 4.78 is 0.702. The lowest BCUT2D eigenvalue weighted by Gasteiger charge is -2.22. The van der Waals surface area contributed by atoms with Gasteiger partial charge in [0.15, 0.2) is 0 Å². The summed E-state index contributed by atoms with van der Waals surface area (Å²) in [7, 11) is 0. The van der Waals surface area contributed by atoms with Crippen LogP contribution in [0, 0.1) is 11.3 Å². The molecule has 5 heteroatoms. The molecule has 0 bridgehead atoms. The van der Waals surface area contributed by atoms with E-state index in [9.17, 15) is 5.11 Å². The van der Waals surface area contributed by atoms with Gasteiger partial charge in [-0.25, -0.2) is 0 Å². The van der Waals surface area contributed by atoms with E-state index in [0.29, 0.717) is 21.8 Å². The summed E-state index contributed by atoms with van der Waals surface area (Å²) in [6.07, 6.45) is 4.78. The zero-order valence-electron chi connectivity index (χ0n) is 10.7. The number of nitrogens with one attached hydrogen (secondary N) is 1. The van der Waals surface area contributed by atoms with Gasteiger partial charge in [0.25, 0.3) is 0 Å². The highest BCUT2D eigenvalue weighted by molar-refractivity contribution is 9.10. The number of anilines is 1. The Kier molecular flexibility index (Phi) is 4.81. The van der Waals surface area contributed by atoms with Crippen molar-refractivity contribution in [3.8, 4) is 6.07 Å². The third-order valence-corrected chi connectivity index (χ3v) is 4.31. The van der Waals surface area contributed by atoms with Crippen molar-refractivity contribution >= 4 is 21.6 Å². The van der Waals surface area contributed by atoms with Gasteiger partial charge in [0.1, 0.15) is 6.07 Å². The fourth-order valence-electron chi connectivity index (χ4n) is 2.56. The van der Waals surface area contributed by atoms with Crippen LogP contribution in [0.5, 0.6) is 0 Å². The second-order valence-electron chi connectivity index (χ2n) is 4.96. The monoisotopic (exact) mass is 323 g/mol. The average Bonchev–Trinajstić information content (AvgIpc) is 2.92. The van der Waals surface area contributed by atoms with Gasteiger partial charge in [-0.1, -0.05) is 12.8 Å². The molecule has 1 aromatic carbocycles. The first-order valence-corrected chi connectivity index (χ1v) is 7.31. The van der Waals surface area contributed by atoms with Crippen LogP contribution in [0.25, 0.3) is 0 Å². The zero-order valence-corrected chi connectivity index (χ0v) is 12.3. The lowest BCUT2D eigenvalue weighted by atomic mass is 10.0. The average molecular weight is 324 g/mol. The van der Waals surface area contributed by atoms with Gasteiger partial charge in [0, 0.05) is 10.5 Å². The summed E-state index contributed by atoms with van der Waals surface area (Å²) in [6.45, 7) is 0.0116. The Bertz CT molecular complexity index is 492. The van der Waals surface area contributed by atoms with Crippen LogP contribution >= 0.6 is 15.9 Å². The van der Waals surface area contributed by atoms with E-state index in [1.54, 1.807) is 6.07 Å².